The minimum Gasteiger partial charge on any atom is -0.342 e. The number of nitrogens with one attached hydrogen (secondary N) is 2. The first-order valence-corrected chi connectivity index (χ1v) is 11.8. The first-order chi connectivity index (χ1) is 16.5. The van der Waals surface area contributed by atoms with Crippen molar-refractivity contribution in [3.63, 3.8) is 0 Å². The second kappa shape index (κ2) is 10.7. The predicted octanol–water partition coefficient (Wildman–Crippen LogP) is 6.25. The van der Waals surface area contributed by atoms with Crippen molar-refractivity contribution in [3.05, 3.63) is 94.2 Å². The van der Waals surface area contributed by atoms with Gasteiger partial charge in [-0.25, -0.2) is 4.98 Å². The fourth-order valence-corrected chi connectivity index (χ4v) is 4.13. The van der Waals surface area contributed by atoms with Crippen LogP contribution >= 0.6 is 23.2 Å². The maximum absolute atomic E-state index is 13.0. The lowest BCUT2D eigenvalue weighted by atomic mass is 10.1. The SMILES string of the molecule is CCCC(NC(=O)c1ccccc1)c1nc2ccccc2n1CC(=O)Nc1ccc(Cl)c(Cl)c1. The molecule has 0 aliphatic heterocycles. The van der Waals surface area contributed by atoms with Gasteiger partial charge in [0.15, 0.2) is 0 Å². The van der Waals surface area contributed by atoms with Crippen LogP contribution in [-0.2, 0) is 11.3 Å². The van der Waals surface area contributed by atoms with E-state index in [1.54, 1.807) is 30.3 Å². The summed E-state index contributed by atoms with van der Waals surface area (Å²) in [7, 11) is 0. The molecule has 1 heterocycles. The number of nitrogens with zero attached hydrogens (tertiary/aromatic N) is 2. The Hall–Kier alpha value is -3.35. The van der Waals surface area contributed by atoms with Crippen LogP contribution in [0, 0.1) is 0 Å². The molecule has 34 heavy (non-hydrogen) atoms. The number of fused-ring (bicyclic) bond motifs is 1. The summed E-state index contributed by atoms with van der Waals surface area (Å²) in [5, 5.41) is 6.74. The molecule has 0 spiro atoms. The second-order valence-electron chi connectivity index (χ2n) is 7.90. The minimum absolute atomic E-state index is 0.0253. The van der Waals surface area contributed by atoms with E-state index in [0.29, 0.717) is 33.5 Å². The molecule has 0 bridgehead atoms. The topological polar surface area (TPSA) is 76.0 Å². The molecule has 0 saturated heterocycles. The minimum atomic E-state index is -0.358. The molecule has 174 valence electrons. The van der Waals surface area contributed by atoms with Gasteiger partial charge in [-0.2, -0.15) is 0 Å². The molecule has 0 saturated carbocycles. The third-order valence-corrected chi connectivity index (χ3v) is 6.16. The summed E-state index contributed by atoms with van der Waals surface area (Å²) in [5.41, 5.74) is 2.70. The van der Waals surface area contributed by atoms with Crippen LogP contribution < -0.4 is 10.6 Å². The number of carbonyl (C=O) groups is 2. The van der Waals surface area contributed by atoms with Crippen molar-refractivity contribution < 1.29 is 9.59 Å². The molecule has 8 heteroatoms. The molecular weight excluding hydrogens is 471 g/mol. The van der Waals surface area contributed by atoms with Crippen molar-refractivity contribution in [2.75, 3.05) is 5.32 Å². The maximum Gasteiger partial charge on any atom is 0.251 e. The Morgan fingerprint density at radius 2 is 1.71 bits per heavy atom. The van der Waals surface area contributed by atoms with Crippen molar-refractivity contribution in [2.45, 2.75) is 32.4 Å². The van der Waals surface area contributed by atoms with E-state index in [1.807, 2.05) is 54.0 Å². The molecule has 0 fully saturated rings. The Kier molecular flexibility index (Phi) is 7.50. The number of anilines is 1. The van der Waals surface area contributed by atoms with Gasteiger partial charge >= 0.3 is 0 Å². The van der Waals surface area contributed by atoms with Gasteiger partial charge in [-0.1, -0.05) is 66.9 Å². The van der Waals surface area contributed by atoms with Crippen LogP contribution in [0.1, 0.15) is 42.0 Å². The molecule has 1 atom stereocenters. The van der Waals surface area contributed by atoms with E-state index >= 15 is 0 Å². The Labute approximate surface area is 207 Å². The molecule has 3 aromatic carbocycles. The van der Waals surface area contributed by atoms with E-state index in [2.05, 4.69) is 10.6 Å². The average molecular weight is 495 g/mol. The number of para-hydroxylation sites is 2. The van der Waals surface area contributed by atoms with Gasteiger partial charge in [-0.05, 0) is 48.9 Å². The molecule has 0 aliphatic rings. The molecule has 1 aromatic heterocycles. The lowest BCUT2D eigenvalue weighted by Crippen LogP contribution is -2.31. The highest BCUT2D eigenvalue weighted by atomic mass is 35.5. The summed E-state index contributed by atoms with van der Waals surface area (Å²) in [4.78, 5) is 30.7. The van der Waals surface area contributed by atoms with Gasteiger partial charge in [0, 0.05) is 11.3 Å². The summed E-state index contributed by atoms with van der Waals surface area (Å²) in [6.07, 6.45) is 1.51. The lowest BCUT2D eigenvalue weighted by Gasteiger charge is -2.20. The predicted molar refractivity (Wildman–Crippen MR) is 136 cm³/mol. The highest BCUT2D eigenvalue weighted by Crippen LogP contribution is 2.26. The zero-order chi connectivity index (χ0) is 24.1. The number of carbonyl (C=O) groups excluding carboxylic acids is 2. The van der Waals surface area contributed by atoms with Crippen molar-refractivity contribution in [2.24, 2.45) is 0 Å². The van der Waals surface area contributed by atoms with Crippen LogP contribution in [0.5, 0.6) is 0 Å². The standard InChI is InChI=1S/C26H24Cl2N4O2/c1-2-8-22(31-26(34)17-9-4-3-5-10-17)25-30-21-11-6-7-12-23(21)32(25)16-24(33)29-18-13-14-19(27)20(28)15-18/h3-7,9-15,22H,2,8,16H2,1H3,(H,29,33)(H,31,34). The first kappa shape index (κ1) is 23.8. The molecule has 4 aromatic rings. The third-order valence-electron chi connectivity index (χ3n) is 5.42. The van der Waals surface area contributed by atoms with E-state index in [1.165, 1.54) is 0 Å². The fraction of sp³-hybridized carbons (Fsp3) is 0.192. The van der Waals surface area contributed by atoms with E-state index < -0.39 is 0 Å². The van der Waals surface area contributed by atoms with Crippen LogP contribution in [0.2, 0.25) is 10.0 Å². The smallest absolute Gasteiger partial charge is 0.251 e. The summed E-state index contributed by atoms with van der Waals surface area (Å²) in [6.45, 7) is 2.07. The fourth-order valence-electron chi connectivity index (χ4n) is 3.83. The summed E-state index contributed by atoms with van der Waals surface area (Å²) >= 11 is 12.1. The van der Waals surface area contributed by atoms with E-state index in [-0.39, 0.29) is 24.4 Å². The largest absolute Gasteiger partial charge is 0.342 e. The highest BCUT2D eigenvalue weighted by molar-refractivity contribution is 6.42. The third kappa shape index (κ3) is 5.41. The number of rotatable bonds is 8. The van der Waals surface area contributed by atoms with Crippen molar-refractivity contribution in [1.29, 1.82) is 0 Å². The molecule has 1 unspecified atom stereocenters. The highest BCUT2D eigenvalue weighted by Gasteiger charge is 2.23. The van der Waals surface area contributed by atoms with Gasteiger partial charge in [-0.15, -0.1) is 0 Å². The number of halogens is 2. The quantitative estimate of drug-likeness (QED) is 0.303. The zero-order valence-corrected chi connectivity index (χ0v) is 20.1. The van der Waals surface area contributed by atoms with Gasteiger partial charge < -0.3 is 15.2 Å². The van der Waals surface area contributed by atoms with E-state index in [9.17, 15) is 9.59 Å². The molecule has 0 aliphatic carbocycles. The molecular formula is C26H24Cl2N4O2. The van der Waals surface area contributed by atoms with Gasteiger partial charge in [0.2, 0.25) is 5.91 Å². The number of amides is 2. The van der Waals surface area contributed by atoms with Crippen molar-refractivity contribution in [1.82, 2.24) is 14.9 Å². The molecule has 6 nitrogen and oxygen atoms in total. The van der Waals surface area contributed by atoms with Crippen molar-refractivity contribution in [3.8, 4) is 0 Å². The van der Waals surface area contributed by atoms with Gasteiger partial charge in [0.05, 0.1) is 27.1 Å². The number of imidazole rings is 1. The van der Waals surface area contributed by atoms with Crippen LogP contribution in [0.15, 0.2) is 72.8 Å². The summed E-state index contributed by atoms with van der Waals surface area (Å²) in [6, 6.07) is 21.2. The molecule has 2 amide bonds. The van der Waals surface area contributed by atoms with Crippen LogP contribution in [0.25, 0.3) is 11.0 Å². The molecule has 4 rings (SSSR count). The Bertz CT molecular complexity index is 1320. The Morgan fingerprint density at radius 3 is 2.44 bits per heavy atom. The summed E-state index contributed by atoms with van der Waals surface area (Å²) < 4.78 is 1.85. The van der Waals surface area contributed by atoms with Crippen molar-refractivity contribution >= 4 is 51.7 Å². The van der Waals surface area contributed by atoms with Crippen LogP contribution in [0.4, 0.5) is 5.69 Å². The zero-order valence-electron chi connectivity index (χ0n) is 18.6. The number of aromatic nitrogens is 2. The number of hydrogen-bond donors (Lipinski definition) is 2. The van der Waals surface area contributed by atoms with E-state index in [4.69, 9.17) is 28.2 Å². The van der Waals surface area contributed by atoms with E-state index in [0.717, 1.165) is 17.5 Å². The van der Waals surface area contributed by atoms with Crippen LogP contribution in [0.3, 0.4) is 0 Å². The molecule has 0 radical (unpaired) electrons. The Morgan fingerprint density at radius 1 is 0.971 bits per heavy atom. The number of benzene rings is 3. The van der Waals surface area contributed by atoms with Gasteiger partial charge in [-0.3, -0.25) is 9.59 Å². The normalized spacial score (nSPS) is 11.9. The van der Waals surface area contributed by atoms with Crippen LogP contribution in [-0.4, -0.2) is 21.4 Å². The lowest BCUT2D eigenvalue weighted by molar-refractivity contribution is -0.116. The maximum atomic E-state index is 13.0. The Balaban J connectivity index is 1.64. The average Bonchev–Trinajstić information content (AvgIpc) is 3.20. The molecule has 2 N–H and O–H groups in total. The van der Waals surface area contributed by atoms with Gasteiger partial charge in [0.25, 0.3) is 5.91 Å². The summed E-state index contributed by atoms with van der Waals surface area (Å²) in [5.74, 6) is 0.210. The monoisotopic (exact) mass is 494 g/mol. The first-order valence-electron chi connectivity index (χ1n) is 11.0. The van der Waals surface area contributed by atoms with Gasteiger partial charge in [0.1, 0.15) is 12.4 Å². The number of hydrogen-bond acceptors (Lipinski definition) is 3. The second-order valence-corrected chi connectivity index (χ2v) is 8.72.